The summed E-state index contributed by atoms with van der Waals surface area (Å²) < 4.78 is 2.13. The van der Waals surface area contributed by atoms with Crippen LogP contribution in [0.2, 0.25) is 0 Å². The second kappa shape index (κ2) is 10.3. The SMILES string of the molecule is c1ccc(-c2nnc(-c3ccc(-c4ccc(-c5cc6ccc7cccc8ccc(c5)c6c78)cc4)cc3)n2-c2ccccc2)cc1. The summed E-state index contributed by atoms with van der Waals surface area (Å²) in [4.78, 5) is 0. The molecule has 0 saturated heterocycles. The van der Waals surface area contributed by atoms with Crippen LogP contribution in [0, 0.1) is 0 Å². The molecule has 3 heteroatoms. The van der Waals surface area contributed by atoms with Crippen molar-refractivity contribution in [2.45, 2.75) is 0 Å². The van der Waals surface area contributed by atoms with Crippen molar-refractivity contribution in [3.05, 3.63) is 164 Å². The van der Waals surface area contributed by atoms with Gasteiger partial charge in [0.2, 0.25) is 0 Å². The van der Waals surface area contributed by atoms with Gasteiger partial charge in [-0.15, -0.1) is 10.2 Å². The molecular formula is C42H27N3. The van der Waals surface area contributed by atoms with E-state index in [1.165, 1.54) is 49.0 Å². The number of para-hydroxylation sites is 1. The molecule has 9 rings (SSSR count). The van der Waals surface area contributed by atoms with E-state index < -0.39 is 0 Å². The minimum absolute atomic E-state index is 0.816. The zero-order chi connectivity index (χ0) is 29.7. The van der Waals surface area contributed by atoms with Crippen LogP contribution in [-0.2, 0) is 0 Å². The van der Waals surface area contributed by atoms with Gasteiger partial charge in [-0.1, -0.05) is 140 Å². The molecule has 0 aliphatic carbocycles. The monoisotopic (exact) mass is 573 g/mol. The summed E-state index contributed by atoms with van der Waals surface area (Å²) in [5, 5.41) is 17.1. The molecule has 0 bridgehead atoms. The number of nitrogens with zero attached hydrogens (tertiary/aromatic N) is 3. The maximum atomic E-state index is 4.65. The van der Waals surface area contributed by atoms with Crippen LogP contribution in [0.4, 0.5) is 0 Å². The third kappa shape index (κ3) is 4.29. The highest BCUT2D eigenvalue weighted by Crippen LogP contribution is 2.38. The van der Waals surface area contributed by atoms with E-state index in [4.69, 9.17) is 0 Å². The predicted molar refractivity (Wildman–Crippen MR) is 187 cm³/mol. The maximum Gasteiger partial charge on any atom is 0.168 e. The smallest absolute Gasteiger partial charge is 0.168 e. The van der Waals surface area contributed by atoms with E-state index in [0.29, 0.717) is 0 Å². The Balaban J connectivity index is 1.05. The average molecular weight is 574 g/mol. The lowest BCUT2D eigenvalue weighted by molar-refractivity contribution is 1.07. The predicted octanol–water partition coefficient (Wildman–Crippen LogP) is 10.8. The molecule has 0 N–H and O–H groups in total. The van der Waals surface area contributed by atoms with Gasteiger partial charge in [0, 0.05) is 16.8 Å². The molecule has 45 heavy (non-hydrogen) atoms. The lowest BCUT2D eigenvalue weighted by Crippen LogP contribution is -2.00. The van der Waals surface area contributed by atoms with Gasteiger partial charge >= 0.3 is 0 Å². The number of rotatable bonds is 5. The van der Waals surface area contributed by atoms with Gasteiger partial charge in [-0.05, 0) is 78.8 Å². The Kier molecular flexibility index (Phi) is 5.82. The van der Waals surface area contributed by atoms with Gasteiger partial charge < -0.3 is 0 Å². The van der Waals surface area contributed by atoms with Crippen molar-refractivity contribution in [2.24, 2.45) is 0 Å². The first kappa shape index (κ1) is 25.4. The molecule has 1 aromatic heterocycles. The van der Waals surface area contributed by atoms with Crippen LogP contribution in [0.25, 0.3) is 83.0 Å². The number of hydrogen-bond acceptors (Lipinski definition) is 2. The fraction of sp³-hybridized carbons (Fsp3) is 0. The van der Waals surface area contributed by atoms with Crippen molar-refractivity contribution in [1.29, 1.82) is 0 Å². The summed E-state index contributed by atoms with van der Waals surface area (Å²) in [7, 11) is 0. The summed E-state index contributed by atoms with van der Waals surface area (Å²) >= 11 is 0. The first-order chi connectivity index (χ1) is 22.3. The molecule has 8 aromatic carbocycles. The Morgan fingerprint density at radius 1 is 0.311 bits per heavy atom. The molecule has 9 aromatic rings. The number of aromatic nitrogens is 3. The van der Waals surface area contributed by atoms with Crippen LogP contribution in [0.1, 0.15) is 0 Å². The summed E-state index contributed by atoms with van der Waals surface area (Å²) in [6, 6.07) is 58.2. The summed E-state index contributed by atoms with van der Waals surface area (Å²) in [6.45, 7) is 0. The lowest BCUT2D eigenvalue weighted by Gasteiger charge is -2.13. The molecule has 210 valence electrons. The first-order valence-corrected chi connectivity index (χ1v) is 15.3. The zero-order valence-corrected chi connectivity index (χ0v) is 24.4. The summed E-state index contributed by atoms with van der Waals surface area (Å²) in [5.41, 5.74) is 7.86. The highest BCUT2D eigenvalue weighted by Gasteiger charge is 2.17. The van der Waals surface area contributed by atoms with Crippen LogP contribution < -0.4 is 0 Å². The highest BCUT2D eigenvalue weighted by atomic mass is 15.3. The van der Waals surface area contributed by atoms with Crippen molar-refractivity contribution in [3.8, 4) is 50.7 Å². The average Bonchev–Trinajstić information content (AvgIpc) is 3.57. The van der Waals surface area contributed by atoms with Crippen molar-refractivity contribution in [3.63, 3.8) is 0 Å². The van der Waals surface area contributed by atoms with Gasteiger partial charge in [0.1, 0.15) is 0 Å². The Bertz CT molecular complexity index is 2380. The Morgan fingerprint density at radius 3 is 1.29 bits per heavy atom. The maximum absolute atomic E-state index is 4.65. The van der Waals surface area contributed by atoms with Gasteiger partial charge in [-0.25, -0.2) is 0 Å². The molecule has 0 saturated carbocycles. The van der Waals surface area contributed by atoms with Crippen LogP contribution in [0.3, 0.4) is 0 Å². The lowest BCUT2D eigenvalue weighted by atomic mass is 9.91. The van der Waals surface area contributed by atoms with Crippen molar-refractivity contribution in [1.82, 2.24) is 14.8 Å². The molecule has 0 radical (unpaired) electrons. The Morgan fingerprint density at radius 2 is 0.733 bits per heavy atom. The van der Waals surface area contributed by atoms with E-state index in [9.17, 15) is 0 Å². The van der Waals surface area contributed by atoms with Crippen LogP contribution in [-0.4, -0.2) is 14.8 Å². The Hall–Kier alpha value is -6.06. The summed E-state index contributed by atoms with van der Waals surface area (Å²) in [6.07, 6.45) is 0. The number of hydrogen-bond donors (Lipinski definition) is 0. The van der Waals surface area contributed by atoms with E-state index in [2.05, 4.69) is 142 Å². The Labute approximate surface area is 261 Å². The van der Waals surface area contributed by atoms with Crippen LogP contribution in [0.15, 0.2) is 164 Å². The molecule has 0 aliphatic rings. The highest BCUT2D eigenvalue weighted by molar-refractivity contribution is 6.23. The van der Waals surface area contributed by atoms with E-state index in [1.807, 2.05) is 36.4 Å². The van der Waals surface area contributed by atoms with Crippen molar-refractivity contribution >= 4 is 32.3 Å². The normalized spacial score (nSPS) is 11.6. The molecule has 0 unspecified atom stereocenters. The number of benzene rings is 8. The van der Waals surface area contributed by atoms with Crippen molar-refractivity contribution in [2.75, 3.05) is 0 Å². The molecule has 0 fully saturated rings. The van der Waals surface area contributed by atoms with Crippen LogP contribution >= 0.6 is 0 Å². The van der Waals surface area contributed by atoms with Gasteiger partial charge in [-0.3, -0.25) is 4.57 Å². The zero-order valence-electron chi connectivity index (χ0n) is 24.4. The minimum Gasteiger partial charge on any atom is -0.275 e. The molecule has 0 amide bonds. The molecule has 0 atom stereocenters. The topological polar surface area (TPSA) is 30.7 Å². The van der Waals surface area contributed by atoms with Gasteiger partial charge in [0.25, 0.3) is 0 Å². The standard InChI is InChI=1S/C42H27N3/c1-3-8-33(9-4-1)41-43-44-42(45(41)38-12-5-2-6-13-38)34-22-18-29(19-23-34)28-14-16-30(17-15-28)37-26-35-24-20-31-10-7-11-32-21-25-36(27-37)40(35)39(31)32/h1-27H. The fourth-order valence-electron chi connectivity index (χ4n) is 6.65. The van der Waals surface area contributed by atoms with E-state index in [0.717, 1.165) is 34.0 Å². The molecule has 1 heterocycles. The second-order valence-electron chi connectivity index (χ2n) is 11.5. The minimum atomic E-state index is 0.816. The largest absolute Gasteiger partial charge is 0.275 e. The van der Waals surface area contributed by atoms with Crippen molar-refractivity contribution < 1.29 is 0 Å². The molecular weight excluding hydrogens is 546 g/mol. The van der Waals surface area contributed by atoms with E-state index >= 15 is 0 Å². The molecule has 3 nitrogen and oxygen atoms in total. The van der Waals surface area contributed by atoms with Gasteiger partial charge in [0.15, 0.2) is 11.6 Å². The summed E-state index contributed by atoms with van der Waals surface area (Å²) in [5.74, 6) is 1.64. The quantitative estimate of drug-likeness (QED) is 0.192. The third-order valence-electron chi connectivity index (χ3n) is 8.87. The third-order valence-corrected chi connectivity index (χ3v) is 8.87. The van der Waals surface area contributed by atoms with Crippen LogP contribution in [0.5, 0.6) is 0 Å². The van der Waals surface area contributed by atoms with Gasteiger partial charge in [0.05, 0.1) is 0 Å². The second-order valence-corrected chi connectivity index (χ2v) is 11.5. The first-order valence-electron chi connectivity index (χ1n) is 15.3. The van der Waals surface area contributed by atoms with Gasteiger partial charge in [-0.2, -0.15) is 0 Å². The molecule has 0 aliphatic heterocycles. The fourth-order valence-corrected chi connectivity index (χ4v) is 6.65. The molecule has 0 spiro atoms. The van der Waals surface area contributed by atoms with E-state index in [1.54, 1.807) is 0 Å². The van der Waals surface area contributed by atoms with E-state index in [-0.39, 0.29) is 0 Å².